The van der Waals surface area contributed by atoms with Crippen LogP contribution in [0.25, 0.3) is 0 Å². The van der Waals surface area contributed by atoms with E-state index in [1.165, 1.54) is 0 Å². The summed E-state index contributed by atoms with van der Waals surface area (Å²) in [5, 5.41) is 7.11. The van der Waals surface area contributed by atoms with Gasteiger partial charge in [-0.1, -0.05) is 6.07 Å². The van der Waals surface area contributed by atoms with Crippen molar-refractivity contribution in [2.45, 2.75) is 26.8 Å². The Balaban J connectivity index is 2.22. The molecule has 0 aliphatic carbocycles. The largest absolute Gasteiger partial charge is 0.495 e. The quantitative estimate of drug-likeness (QED) is 0.917. The second-order valence-electron chi connectivity index (χ2n) is 4.89. The number of amides is 1. The van der Waals surface area contributed by atoms with Crippen molar-refractivity contribution < 1.29 is 9.53 Å². The Kier molecular flexibility index (Phi) is 4.67. The highest BCUT2D eigenvalue weighted by Gasteiger charge is 2.19. The predicted molar refractivity (Wildman–Crippen MR) is 85.7 cm³/mol. The zero-order valence-corrected chi connectivity index (χ0v) is 14.1. The number of ether oxygens (including phenoxy) is 1. The molecule has 21 heavy (non-hydrogen) atoms. The van der Waals surface area contributed by atoms with E-state index in [-0.39, 0.29) is 5.91 Å². The Morgan fingerprint density at radius 3 is 2.71 bits per heavy atom. The second kappa shape index (κ2) is 6.30. The van der Waals surface area contributed by atoms with E-state index in [4.69, 9.17) is 4.74 Å². The summed E-state index contributed by atoms with van der Waals surface area (Å²) >= 11 is 3.40. The van der Waals surface area contributed by atoms with Crippen molar-refractivity contribution in [2.24, 2.45) is 0 Å². The minimum Gasteiger partial charge on any atom is -0.495 e. The topological polar surface area (TPSA) is 56.1 Å². The summed E-state index contributed by atoms with van der Waals surface area (Å²) < 4.78 is 7.84. The monoisotopic (exact) mass is 351 g/mol. The van der Waals surface area contributed by atoms with E-state index in [1.807, 2.05) is 39.0 Å². The number of aromatic nitrogens is 2. The molecule has 0 spiro atoms. The van der Waals surface area contributed by atoms with Gasteiger partial charge in [-0.05, 0) is 54.4 Å². The third-order valence-corrected chi connectivity index (χ3v) is 4.12. The van der Waals surface area contributed by atoms with E-state index in [9.17, 15) is 4.79 Å². The molecule has 1 atom stereocenters. The second-order valence-corrected chi connectivity index (χ2v) is 5.75. The Bertz CT molecular complexity index is 667. The van der Waals surface area contributed by atoms with Crippen LogP contribution in [0.5, 0.6) is 5.75 Å². The molecule has 0 radical (unpaired) electrons. The number of carbonyl (C=O) groups excluding carboxylic acids is 1. The standard InChI is InChI=1S/C15H18BrN3O2/c1-9-5-6-14(21-4)13(7-9)18-15(20)11(3)19-10(2)12(16)8-17-19/h5-8,11H,1-4H3,(H,18,20). The summed E-state index contributed by atoms with van der Waals surface area (Å²) in [6.07, 6.45) is 1.69. The highest BCUT2D eigenvalue weighted by molar-refractivity contribution is 9.10. The first-order chi connectivity index (χ1) is 9.93. The van der Waals surface area contributed by atoms with Gasteiger partial charge in [0.05, 0.1) is 29.2 Å². The molecular formula is C15H18BrN3O2. The number of nitrogens with zero attached hydrogens (tertiary/aromatic N) is 2. The van der Waals surface area contributed by atoms with Crippen molar-refractivity contribution in [1.29, 1.82) is 0 Å². The number of rotatable bonds is 4. The van der Waals surface area contributed by atoms with Crippen LogP contribution in [0.15, 0.2) is 28.9 Å². The first-order valence-electron chi connectivity index (χ1n) is 6.59. The normalized spacial score (nSPS) is 12.0. The number of nitrogens with one attached hydrogen (secondary N) is 1. The van der Waals surface area contributed by atoms with Crippen LogP contribution in [-0.4, -0.2) is 22.8 Å². The Morgan fingerprint density at radius 1 is 1.43 bits per heavy atom. The predicted octanol–water partition coefficient (Wildman–Crippen LogP) is 3.47. The molecule has 1 amide bonds. The minimum atomic E-state index is -0.415. The smallest absolute Gasteiger partial charge is 0.249 e. The maximum atomic E-state index is 12.4. The SMILES string of the molecule is COc1ccc(C)cc1NC(=O)C(C)n1ncc(Br)c1C. The highest BCUT2D eigenvalue weighted by atomic mass is 79.9. The van der Waals surface area contributed by atoms with Gasteiger partial charge < -0.3 is 10.1 Å². The first-order valence-corrected chi connectivity index (χ1v) is 7.38. The van der Waals surface area contributed by atoms with E-state index < -0.39 is 6.04 Å². The fraction of sp³-hybridized carbons (Fsp3) is 0.333. The van der Waals surface area contributed by atoms with Gasteiger partial charge in [-0.2, -0.15) is 5.10 Å². The lowest BCUT2D eigenvalue weighted by Crippen LogP contribution is -2.25. The summed E-state index contributed by atoms with van der Waals surface area (Å²) in [5.41, 5.74) is 2.63. The van der Waals surface area contributed by atoms with Crippen molar-refractivity contribution in [3.63, 3.8) is 0 Å². The number of anilines is 1. The molecule has 0 aliphatic heterocycles. The third kappa shape index (κ3) is 3.26. The zero-order valence-electron chi connectivity index (χ0n) is 12.5. The number of methoxy groups -OCH3 is 1. The van der Waals surface area contributed by atoms with E-state index in [0.717, 1.165) is 15.7 Å². The van der Waals surface area contributed by atoms with Gasteiger partial charge in [-0.25, -0.2) is 0 Å². The summed E-state index contributed by atoms with van der Waals surface area (Å²) in [4.78, 5) is 12.4. The zero-order chi connectivity index (χ0) is 15.6. The number of benzene rings is 1. The van der Waals surface area contributed by atoms with Crippen LogP contribution >= 0.6 is 15.9 Å². The summed E-state index contributed by atoms with van der Waals surface area (Å²) in [6.45, 7) is 5.69. The van der Waals surface area contributed by atoms with E-state index in [2.05, 4.69) is 26.3 Å². The van der Waals surface area contributed by atoms with Crippen LogP contribution in [0, 0.1) is 13.8 Å². The van der Waals surface area contributed by atoms with Gasteiger partial charge in [0.25, 0.3) is 0 Å². The number of halogens is 1. The van der Waals surface area contributed by atoms with Gasteiger partial charge in [-0.15, -0.1) is 0 Å². The molecule has 112 valence electrons. The average Bonchev–Trinajstić information content (AvgIpc) is 2.78. The van der Waals surface area contributed by atoms with Gasteiger partial charge in [0, 0.05) is 0 Å². The first kappa shape index (κ1) is 15.6. The number of hydrogen-bond donors (Lipinski definition) is 1. The molecular weight excluding hydrogens is 334 g/mol. The van der Waals surface area contributed by atoms with E-state index in [1.54, 1.807) is 18.0 Å². The maximum absolute atomic E-state index is 12.4. The van der Waals surface area contributed by atoms with Crippen molar-refractivity contribution >= 4 is 27.5 Å². The molecule has 1 heterocycles. The number of aryl methyl sites for hydroxylation is 1. The van der Waals surface area contributed by atoms with Crippen LogP contribution in [-0.2, 0) is 4.79 Å². The molecule has 2 rings (SSSR count). The van der Waals surface area contributed by atoms with E-state index in [0.29, 0.717) is 11.4 Å². The van der Waals surface area contributed by atoms with Gasteiger partial charge in [0.15, 0.2) is 0 Å². The summed E-state index contributed by atoms with van der Waals surface area (Å²) in [6, 6.07) is 5.24. The summed E-state index contributed by atoms with van der Waals surface area (Å²) in [5.74, 6) is 0.497. The molecule has 5 nitrogen and oxygen atoms in total. The Morgan fingerprint density at radius 2 is 2.14 bits per heavy atom. The van der Waals surface area contributed by atoms with Gasteiger partial charge >= 0.3 is 0 Å². The number of carbonyl (C=O) groups is 1. The summed E-state index contributed by atoms with van der Waals surface area (Å²) in [7, 11) is 1.58. The Labute approximate surface area is 132 Å². The van der Waals surface area contributed by atoms with Gasteiger partial charge in [-0.3, -0.25) is 9.48 Å². The van der Waals surface area contributed by atoms with Gasteiger partial charge in [0.1, 0.15) is 11.8 Å². The lowest BCUT2D eigenvalue weighted by atomic mass is 10.2. The van der Waals surface area contributed by atoms with Gasteiger partial charge in [0.2, 0.25) is 5.91 Å². The molecule has 1 unspecified atom stereocenters. The number of hydrogen-bond acceptors (Lipinski definition) is 3. The van der Waals surface area contributed by atoms with Crippen LogP contribution in [0.2, 0.25) is 0 Å². The molecule has 0 saturated heterocycles. The van der Waals surface area contributed by atoms with E-state index >= 15 is 0 Å². The molecule has 6 heteroatoms. The molecule has 2 aromatic rings. The average molecular weight is 352 g/mol. The molecule has 0 fully saturated rings. The Hall–Kier alpha value is -1.82. The fourth-order valence-corrected chi connectivity index (χ4v) is 2.33. The minimum absolute atomic E-state index is 0.141. The molecule has 1 aromatic heterocycles. The van der Waals surface area contributed by atoms with Crippen LogP contribution in [0.4, 0.5) is 5.69 Å². The molecule has 1 N–H and O–H groups in total. The van der Waals surface area contributed by atoms with Crippen molar-refractivity contribution in [2.75, 3.05) is 12.4 Å². The lowest BCUT2D eigenvalue weighted by molar-refractivity contribution is -0.119. The van der Waals surface area contributed by atoms with Crippen LogP contribution in [0.3, 0.4) is 0 Å². The molecule has 0 bridgehead atoms. The van der Waals surface area contributed by atoms with Crippen molar-refractivity contribution in [3.05, 3.63) is 40.1 Å². The fourth-order valence-electron chi connectivity index (χ4n) is 2.06. The third-order valence-electron chi connectivity index (χ3n) is 3.34. The maximum Gasteiger partial charge on any atom is 0.249 e. The highest BCUT2D eigenvalue weighted by Crippen LogP contribution is 2.26. The molecule has 0 saturated carbocycles. The molecule has 1 aromatic carbocycles. The molecule has 0 aliphatic rings. The van der Waals surface area contributed by atoms with Crippen molar-refractivity contribution in [3.8, 4) is 5.75 Å². The van der Waals surface area contributed by atoms with Crippen LogP contribution in [0.1, 0.15) is 24.2 Å². The van der Waals surface area contributed by atoms with Crippen molar-refractivity contribution in [1.82, 2.24) is 9.78 Å². The lowest BCUT2D eigenvalue weighted by Gasteiger charge is -2.16. The van der Waals surface area contributed by atoms with Crippen LogP contribution < -0.4 is 10.1 Å².